The number of benzene rings is 2. The molecule has 0 bridgehead atoms. The van der Waals surface area contributed by atoms with Crippen molar-refractivity contribution in [1.29, 1.82) is 0 Å². The van der Waals surface area contributed by atoms with Gasteiger partial charge in [-0.3, -0.25) is 0 Å². The molecule has 0 saturated heterocycles. The summed E-state index contributed by atoms with van der Waals surface area (Å²) in [5.74, 6) is 0.660. The van der Waals surface area contributed by atoms with Crippen molar-refractivity contribution in [2.24, 2.45) is 0 Å². The van der Waals surface area contributed by atoms with Crippen LogP contribution in [0.5, 0.6) is 11.8 Å². The monoisotopic (exact) mass is 255 g/mol. The molecule has 0 spiro atoms. The molecule has 3 aromatic rings. The molecule has 2 aromatic carbocycles. The van der Waals surface area contributed by atoms with E-state index in [0.29, 0.717) is 17.8 Å². The average molecular weight is 255 g/mol. The fraction of sp³-hybridized carbons (Fsp3) is 0.133. The van der Waals surface area contributed by atoms with Crippen molar-refractivity contribution >= 4 is 11.1 Å². The summed E-state index contributed by atoms with van der Waals surface area (Å²) >= 11 is 0. The smallest absolute Gasteiger partial charge is 0.400 e. The second kappa shape index (κ2) is 5.12. The number of aliphatic hydroxyl groups is 1. The Kier molecular flexibility index (Phi) is 3.16. The van der Waals surface area contributed by atoms with Crippen LogP contribution in [0.3, 0.4) is 0 Å². The van der Waals surface area contributed by atoms with Crippen LogP contribution in [0, 0.1) is 0 Å². The van der Waals surface area contributed by atoms with Crippen LogP contribution in [0.15, 0.2) is 52.9 Å². The second-order valence-electron chi connectivity index (χ2n) is 4.17. The highest BCUT2D eigenvalue weighted by Gasteiger charge is 2.07. The molecular weight excluding hydrogens is 242 g/mol. The van der Waals surface area contributed by atoms with E-state index >= 15 is 0 Å². The fourth-order valence-electron chi connectivity index (χ4n) is 1.85. The molecule has 1 N–H and O–H groups in total. The Morgan fingerprint density at radius 1 is 1.05 bits per heavy atom. The first-order valence-corrected chi connectivity index (χ1v) is 6.08. The molecule has 4 heteroatoms. The Hall–Kier alpha value is -2.33. The molecule has 96 valence electrons. The molecular formula is C15H13NO3. The topological polar surface area (TPSA) is 55.5 Å². The third-order valence-electron chi connectivity index (χ3n) is 2.80. The van der Waals surface area contributed by atoms with Crippen LogP contribution in [-0.4, -0.2) is 16.7 Å². The summed E-state index contributed by atoms with van der Waals surface area (Å²) in [6.07, 6.45) is 0.875. The predicted octanol–water partition coefficient (Wildman–Crippen LogP) is 3.15. The molecule has 0 atom stereocenters. The normalized spacial score (nSPS) is 10.8. The Morgan fingerprint density at radius 2 is 1.84 bits per heavy atom. The number of aliphatic hydroxyl groups excluding tert-OH is 1. The number of hydrogen-bond donors (Lipinski definition) is 1. The van der Waals surface area contributed by atoms with Gasteiger partial charge in [0.05, 0.1) is 0 Å². The Morgan fingerprint density at radius 3 is 2.58 bits per heavy atom. The van der Waals surface area contributed by atoms with Gasteiger partial charge in [-0.15, -0.1) is 0 Å². The minimum Gasteiger partial charge on any atom is -0.411 e. The van der Waals surface area contributed by atoms with Crippen molar-refractivity contribution in [2.45, 2.75) is 6.42 Å². The van der Waals surface area contributed by atoms with Gasteiger partial charge in [0.15, 0.2) is 5.58 Å². The maximum atomic E-state index is 8.85. The van der Waals surface area contributed by atoms with Gasteiger partial charge >= 0.3 is 6.08 Å². The number of aromatic nitrogens is 1. The van der Waals surface area contributed by atoms with Gasteiger partial charge < -0.3 is 14.3 Å². The van der Waals surface area contributed by atoms with Gasteiger partial charge in [0.2, 0.25) is 0 Å². The molecule has 0 saturated carbocycles. The molecule has 0 radical (unpaired) electrons. The molecule has 19 heavy (non-hydrogen) atoms. The van der Waals surface area contributed by atoms with Crippen molar-refractivity contribution in [3.8, 4) is 11.8 Å². The largest absolute Gasteiger partial charge is 0.411 e. The maximum Gasteiger partial charge on any atom is 0.400 e. The zero-order chi connectivity index (χ0) is 13.1. The number of oxazole rings is 1. The first-order chi connectivity index (χ1) is 9.35. The second-order valence-corrected chi connectivity index (χ2v) is 4.17. The molecule has 0 aliphatic carbocycles. The zero-order valence-electron chi connectivity index (χ0n) is 10.2. The number of ether oxygens (including phenoxy) is 1. The van der Waals surface area contributed by atoms with Crippen LogP contribution in [0.1, 0.15) is 5.56 Å². The minimum atomic E-state index is 0.144. The fourth-order valence-corrected chi connectivity index (χ4v) is 1.85. The molecule has 0 aliphatic rings. The van der Waals surface area contributed by atoms with E-state index in [1.54, 1.807) is 0 Å². The number of rotatable bonds is 4. The van der Waals surface area contributed by atoms with Gasteiger partial charge in [0.1, 0.15) is 11.3 Å². The third-order valence-corrected chi connectivity index (χ3v) is 2.80. The molecule has 0 unspecified atom stereocenters. The number of para-hydroxylation sites is 2. The summed E-state index contributed by atoms with van der Waals surface area (Å²) in [6, 6.07) is 15.0. The molecule has 1 heterocycles. The van der Waals surface area contributed by atoms with Gasteiger partial charge in [0, 0.05) is 6.61 Å². The standard InChI is InChI=1S/C15H13NO3/c17-10-9-11-5-7-12(8-6-11)18-15-16-13-3-1-2-4-14(13)19-15/h1-8,17H,9-10H2. The van der Waals surface area contributed by atoms with E-state index < -0.39 is 0 Å². The lowest BCUT2D eigenvalue weighted by molar-refractivity contribution is 0.299. The van der Waals surface area contributed by atoms with Crippen molar-refractivity contribution in [3.63, 3.8) is 0 Å². The quantitative estimate of drug-likeness (QED) is 0.778. The molecule has 0 fully saturated rings. The van der Waals surface area contributed by atoms with Crippen molar-refractivity contribution in [1.82, 2.24) is 4.98 Å². The van der Waals surface area contributed by atoms with Crippen molar-refractivity contribution in [3.05, 3.63) is 54.1 Å². The molecule has 0 amide bonds. The van der Waals surface area contributed by atoms with E-state index in [0.717, 1.165) is 11.1 Å². The van der Waals surface area contributed by atoms with Gasteiger partial charge in [-0.05, 0) is 36.2 Å². The molecule has 1 aromatic heterocycles. The SMILES string of the molecule is OCCc1ccc(Oc2nc3ccccc3o2)cc1. The maximum absolute atomic E-state index is 8.85. The summed E-state index contributed by atoms with van der Waals surface area (Å²) in [7, 11) is 0. The minimum absolute atomic E-state index is 0.144. The number of fused-ring (bicyclic) bond motifs is 1. The lowest BCUT2D eigenvalue weighted by Crippen LogP contribution is -1.90. The van der Waals surface area contributed by atoms with Crippen LogP contribution in [0.25, 0.3) is 11.1 Å². The first kappa shape index (κ1) is 11.7. The summed E-state index contributed by atoms with van der Waals surface area (Å²) in [6.45, 7) is 0.144. The first-order valence-electron chi connectivity index (χ1n) is 6.08. The van der Waals surface area contributed by atoms with Crippen LogP contribution in [0.4, 0.5) is 0 Å². The highest BCUT2D eigenvalue weighted by atomic mass is 16.6. The van der Waals surface area contributed by atoms with E-state index in [9.17, 15) is 0 Å². The zero-order valence-corrected chi connectivity index (χ0v) is 10.2. The number of hydrogen-bond acceptors (Lipinski definition) is 4. The van der Waals surface area contributed by atoms with Crippen LogP contribution < -0.4 is 4.74 Å². The lowest BCUT2D eigenvalue weighted by Gasteiger charge is -2.02. The summed E-state index contributed by atoms with van der Waals surface area (Å²) in [5, 5.41) is 8.85. The molecule has 3 rings (SSSR count). The van der Waals surface area contributed by atoms with Crippen LogP contribution in [0.2, 0.25) is 0 Å². The van der Waals surface area contributed by atoms with E-state index in [1.807, 2.05) is 48.5 Å². The van der Waals surface area contributed by atoms with Crippen LogP contribution >= 0.6 is 0 Å². The third kappa shape index (κ3) is 2.58. The highest BCUT2D eigenvalue weighted by molar-refractivity contribution is 5.72. The van der Waals surface area contributed by atoms with Crippen molar-refractivity contribution in [2.75, 3.05) is 6.61 Å². The van der Waals surface area contributed by atoms with E-state index in [-0.39, 0.29) is 12.7 Å². The number of nitrogens with zero attached hydrogens (tertiary/aromatic N) is 1. The van der Waals surface area contributed by atoms with Crippen molar-refractivity contribution < 1.29 is 14.3 Å². The molecule has 0 aliphatic heterocycles. The Balaban J connectivity index is 1.80. The van der Waals surface area contributed by atoms with Crippen LogP contribution in [-0.2, 0) is 6.42 Å². The van der Waals surface area contributed by atoms with Gasteiger partial charge in [-0.25, -0.2) is 0 Å². The summed E-state index contributed by atoms with van der Waals surface area (Å²) < 4.78 is 11.0. The highest BCUT2D eigenvalue weighted by Crippen LogP contribution is 2.25. The van der Waals surface area contributed by atoms with E-state index in [2.05, 4.69) is 4.98 Å². The Bertz CT molecular complexity index is 640. The lowest BCUT2D eigenvalue weighted by atomic mass is 10.1. The van der Waals surface area contributed by atoms with E-state index in [1.165, 1.54) is 0 Å². The van der Waals surface area contributed by atoms with Gasteiger partial charge in [-0.1, -0.05) is 24.3 Å². The predicted molar refractivity (Wildman–Crippen MR) is 71.3 cm³/mol. The van der Waals surface area contributed by atoms with Gasteiger partial charge in [0.25, 0.3) is 0 Å². The van der Waals surface area contributed by atoms with Gasteiger partial charge in [-0.2, -0.15) is 4.98 Å². The van der Waals surface area contributed by atoms with E-state index in [4.69, 9.17) is 14.3 Å². The Labute approximate surface area is 110 Å². The molecule has 4 nitrogen and oxygen atoms in total. The average Bonchev–Trinajstić information content (AvgIpc) is 2.83. The summed E-state index contributed by atoms with van der Waals surface area (Å²) in [4.78, 5) is 4.24. The summed E-state index contributed by atoms with van der Waals surface area (Å²) in [5.41, 5.74) is 2.54.